The van der Waals surface area contributed by atoms with Gasteiger partial charge in [0.15, 0.2) is 0 Å². The van der Waals surface area contributed by atoms with Crippen LogP contribution >= 0.6 is 0 Å². The molecule has 2 N–H and O–H groups in total. The van der Waals surface area contributed by atoms with E-state index >= 15 is 0 Å². The third kappa shape index (κ3) is 2.85. The normalized spacial score (nSPS) is 22.9. The summed E-state index contributed by atoms with van der Waals surface area (Å²) in [5.41, 5.74) is 1.36. The van der Waals surface area contributed by atoms with Crippen LogP contribution in [0.3, 0.4) is 0 Å². The second kappa shape index (κ2) is 5.29. The predicted octanol–water partition coefficient (Wildman–Crippen LogP) is 2.14. The van der Waals surface area contributed by atoms with Crippen LogP contribution in [0.25, 0.3) is 0 Å². The fourth-order valence-electron chi connectivity index (χ4n) is 2.86. The highest BCUT2D eigenvalue weighted by Gasteiger charge is 2.30. The molecule has 1 heterocycles. The van der Waals surface area contributed by atoms with Gasteiger partial charge in [0.25, 0.3) is 0 Å². The Balaban J connectivity index is 1.76. The van der Waals surface area contributed by atoms with Crippen LogP contribution < -0.4 is 5.32 Å². The van der Waals surface area contributed by atoms with Gasteiger partial charge in [0.2, 0.25) is 0 Å². The topological polar surface area (TPSA) is 35.5 Å². The largest absolute Gasteiger partial charge is 0.508 e. The summed E-state index contributed by atoms with van der Waals surface area (Å²) in [6.07, 6.45) is 4.09. The van der Waals surface area contributed by atoms with E-state index < -0.39 is 0 Å². The van der Waals surface area contributed by atoms with Crippen LogP contribution in [0.2, 0.25) is 0 Å². The maximum absolute atomic E-state index is 9.42. The molecule has 0 unspecified atom stereocenters. The highest BCUT2D eigenvalue weighted by molar-refractivity contribution is 5.28. The van der Waals surface area contributed by atoms with Gasteiger partial charge in [0, 0.05) is 32.2 Å². The van der Waals surface area contributed by atoms with Crippen molar-refractivity contribution in [1.82, 2.24) is 10.2 Å². The van der Waals surface area contributed by atoms with Gasteiger partial charge < -0.3 is 10.4 Å². The van der Waals surface area contributed by atoms with E-state index in [2.05, 4.69) is 22.3 Å². The number of rotatable bonds is 4. The maximum Gasteiger partial charge on any atom is 0.115 e. The number of phenolic OH excluding ortho intramolecular Hbond substituents is 1. The van der Waals surface area contributed by atoms with Crippen molar-refractivity contribution in [1.29, 1.82) is 0 Å². The van der Waals surface area contributed by atoms with Crippen molar-refractivity contribution in [3.63, 3.8) is 0 Å². The summed E-state index contributed by atoms with van der Waals surface area (Å²) in [6.45, 7) is 4.47. The Morgan fingerprint density at radius 1 is 1.17 bits per heavy atom. The standard InChI is InChI=1S/C15H22N2O/c18-14-5-3-13(4-6-14)15(11-12-1-2-12)17-9-7-16-8-10-17/h3-6,12,15-16,18H,1-2,7-11H2/t15-/m1/s1. The van der Waals surface area contributed by atoms with E-state index in [9.17, 15) is 5.11 Å². The van der Waals surface area contributed by atoms with E-state index in [0.717, 1.165) is 32.1 Å². The lowest BCUT2D eigenvalue weighted by Crippen LogP contribution is -2.45. The minimum absolute atomic E-state index is 0.365. The molecule has 0 amide bonds. The average molecular weight is 246 g/mol. The molecule has 1 aliphatic heterocycles. The lowest BCUT2D eigenvalue weighted by molar-refractivity contribution is 0.160. The summed E-state index contributed by atoms with van der Waals surface area (Å²) >= 11 is 0. The molecule has 3 heteroatoms. The van der Waals surface area contributed by atoms with E-state index in [-0.39, 0.29) is 0 Å². The van der Waals surface area contributed by atoms with Gasteiger partial charge in [-0.25, -0.2) is 0 Å². The van der Waals surface area contributed by atoms with Crippen molar-refractivity contribution >= 4 is 0 Å². The van der Waals surface area contributed by atoms with Crippen LogP contribution in [0, 0.1) is 5.92 Å². The lowest BCUT2D eigenvalue weighted by atomic mass is 9.98. The van der Waals surface area contributed by atoms with E-state index in [1.165, 1.54) is 24.8 Å². The summed E-state index contributed by atoms with van der Waals surface area (Å²) in [4.78, 5) is 2.60. The van der Waals surface area contributed by atoms with Gasteiger partial charge in [0.05, 0.1) is 0 Å². The minimum Gasteiger partial charge on any atom is -0.508 e. The molecule has 2 fully saturated rings. The van der Waals surface area contributed by atoms with Gasteiger partial charge in [-0.2, -0.15) is 0 Å². The molecule has 1 atom stereocenters. The Bertz CT molecular complexity index is 380. The van der Waals surface area contributed by atoms with Crippen molar-refractivity contribution in [3.8, 4) is 5.75 Å². The van der Waals surface area contributed by atoms with Crippen molar-refractivity contribution in [2.45, 2.75) is 25.3 Å². The first-order valence-electron chi connectivity index (χ1n) is 7.06. The van der Waals surface area contributed by atoms with E-state index in [0.29, 0.717) is 11.8 Å². The molecule has 1 aromatic carbocycles. The Kier molecular flexibility index (Phi) is 3.52. The number of nitrogens with one attached hydrogen (secondary N) is 1. The monoisotopic (exact) mass is 246 g/mol. The summed E-state index contributed by atoms with van der Waals surface area (Å²) < 4.78 is 0. The first-order valence-corrected chi connectivity index (χ1v) is 7.06. The molecule has 1 saturated heterocycles. The first kappa shape index (κ1) is 12.0. The fourth-order valence-corrected chi connectivity index (χ4v) is 2.86. The average Bonchev–Trinajstić information content (AvgIpc) is 3.22. The van der Waals surface area contributed by atoms with Gasteiger partial charge in [0.1, 0.15) is 5.75 Å². The molecule has 18 heavy (non-hydrogen) atoms. The lowest BCUT2D eigenvalue weighted by Gasteiger charge is -2.35. The van der Waals surface area contributed by atoms with Gasteiger partial charge in [-0.3, -0.25) is 4.90 Å². The molecule has 0 spiro atoms. The zero-order valence-electron chi connectivity index (χ0n) is 10.8. The van der Waals surface area contributed by atoms with Crippen LogP contribution in [-0.2, 0) is 0 Å². The molecular weight excluding hydrogens is 224 g/mol. The second-order valence-electron chi connectivity index (χ2n) is 5.57. The number of hydrogen-bond acceptors (Lipinski definition) is 3. The minimum atomic E-state index is 0.365. The summed E-state index contributed by atoms with van der Waals surface area (Å²) in [6, 6.07) is 8.35. The van der Waals surface area contributed by atoms with Crippen LogP contribution in [0.4, 0.5) is 0 Å². The Hall–Kier alpha value is -1.06. The third-order valence-electron chi connectivity index (χ3n) is 4.12. The van der Waals surface area contributed by atoms with Crippen LogP contribution in [0.1, 0.15) is 30.9 Å². The Labute approximate surface area is 109 Å². The van der Waals surface area contributed by atoms with Gasteiger partial charge in [-0.1, -0.05) is 25.0 Å². The number of nitrogens with zero attached hydrogens (tertiary/aromatic N) is 1. The molecule has 0 aromatic heterocycles. The Morgan fingerprint density at radius 3 is 2.44 bits per heavy atom. The Morgan fingerprint density at radius 2 is 1.83 bits per heavy atom. The van der Waals surface area contributed by atoms with Gasteiger partial charge in [-0.15, -0.1) is 0 Å². The molecular formula is C15H22N2O. The number of benzene rings is 1. The molecule has 98 valence electrons. The number of piperazine rings is 1. The molecule has 1 saturated carbocycles. The summed E-state index contributed by atoms with van der Waals surface area (Å²) in [5.74, 6) is 1.29. The number of aromatic hydroxyl groups is 1. The number of hydrogen-bond donors (Lipinski definition) is 2. The number of phenols is 1. The van der Waals surface area contributed by atoms with Crippen LogP contribution in [-0.4, -0.2) is 36.2 Å². The maximum atomic E-state index is 9.42. The van der Waals surface area contributed by atoms with Crippen molar-refractivity contribution in [2.75, 3.05) is 26.2 Å². The molecule has 3 nitrogen and oxygen atoms in total. The van der Waals surface area contributed by atoms with Crippen LogP contribution in [0.5, 0.6) is 5.75 Å². The van der Waals surface area contributed by atoms with Crippen molar-refractivity contribution in [2.24, 2.45) is 5.92 Å². The third-order valence-corrected chi connectivity index (χ3v) is 4.12. The van der Waals surface area contributed by atoms with E-state index in [1.807, 2.05) is 12.1 Å². The van der Waals surface area contributed by atoms with Crippen molar-refractivity contribution in [3.05, 3.63) is 29.8 Å². The van der Waals surface area contributed by atoms with Gasteiger partial charge >= 0.3 is 0 Å². The highest BCUT2D eigenvalue weighted by atomic mass is 16.3. The van der Waals surface area contributed by atoms with Crippen LogP contribution in [0.15, 0.2) is 24.3 Å². The fraction of sp³-hybridized carbons (Fsp3) is 0.600. The quantitative estimate of drug-likeness (QED) is 0.854. The zero-order valence-corrected chi connectivity index (χ0v) is 10.8. The smallest absolute Gasteiger partial charge is 0.115 e. The van der Waals surface area contributed by atoms with E-state index in [4.69, 9.17) is 0 Å². The molecule has 1 aliphatic carbocycles. The molecule has 1 aromatic rings. The molecule has 3 rings (SSSR count). The van der Waals surface area contributed by atoms with Gasteiger partial charge in [-0.05, 0) is 30.0 Å². The van der Waals surface area contributed by atoms with Crippen molar-refractivity contribution < 1.29 is 5.11 Å². The highest BCUT2D eigenvalue weighted by Crippen LogP contribution is 2.40. The molecule has 2 aliphatic rings. The van der Waals surface area contributed by atoms with E-state index in [1.54, 1.807) is 0 Å². The zero-order chi connectivity index (χ0) is 12.4. The predicted molar refractivity (Wildman–Crippen MR) is 72.6 cm³/mol. The first-order chi connectivity index (χ1) is 8.83. The molecule has 0 bridgehead atoms. The SMILES string of the molecule is Oc1ccc([C@@H](CC2CC2)N2CCNCC2)cc1. The summed E-state index contributed by atoms with van der Waals surface area (Å²) in [5, 5.41) is 12.8. The summed E-state index contributed by atoms with van der Waals surface area (Å²) in [7, 11) is 0. The molecule has 0 radical (unpaired) electrons. The second-order valence-corrected chi connectivity index (χ2v) is 5.57.